The number of carbonyl (C=O) groups excluding carboxylic acids is 1. The van der Waals surface area contributed by atoms with E-state index in [0.717, 1.165) is 12.8 Å². The van der Waals surface area contributed by atoms with Crippen molar-refractivity contribution in [2.24, 2.45) is 13.0 Å². The summed E-state index contributed by atoms with van der Waals surface area (Å²) in [4.78, 5) is 24.3. The molecule has 1 aliphatic heterocycles. The maximum absolute atomic E-state index is 12.3. The molecule has 1 fully saturated rings. The van der Waals surface area contributed by atoms with Gasteiger partial charge in [-0.2, -0.15) is 5.10 Å². The Bertz CT molecular complexity index is 740. The molecule has 0 spiro atoms. The van der Waals surface area contributed by atoms with Crippen LogP contribution in [-0.2, 0) is 13.5 Å². The van der Waals surface area contributed by atoms with Gasteiger partial charge in [0.05, 0.1) is 11.1 Å². The van der Waals surface area contributed by atoms with Gasteiger partial charge >= 0.3 is 6.03 Å². The van der Waals surface area contributed by atoms with Gasteiger partial charge in [0.15, 0.2) is 0 Å². The minimum atomic E-state index is -0.463. The summed E-state index contributed by atoms with van der Waals surface area (Å²) in [7, 11) is 1.89. The summed E-state index contributed by atoms with van der Waals surface area (Å²) >= 11 is 0. The number of aryl methyl sites for hydroxylation is 1. The third kappa shape index (κ3) is 3.70. The number of anilines is 1. The quantitative estimate of drug-likeness (QED) is 0.688. The Morgan fingerprint density at radius 3 is 2.79 bits per heavy atom. The van der Waals surface area contributed by atoms with Crippen molar-refractivity contribution in [1.82, 2.24) is 14.7 Å². The molecule has 3 rings (SSSR count). The number of hydrogen-bond donors (Lipinski definition) is 1. The highest BCUT2D eigenvalue weighted by Gasteiger charge is 2.26. The summed E-state index contributed by atoms with van der Waals surface area (Å²) in [5.41, 5.74) is 1.74. The molecule has 24 heavy (non-hydrogen) atoms. The molecule has 0 bridgehead atoms. The number of nitro benzene ring substituents is 1. The van der Waals surface area contributed by atoms with Gasteiger partial charge in [-0.15, -0.1) is 0 Å². The Morgan fingerprint density at radius 1 is 1.42 bits per heavy atom. The van der Waals surface area contributed by atoms with Crippen molar-refractivity contribution in [2.75, 3.05) is 18.4 Å². The van der Waals surface area contributed by atoms with E-state index in [-0.39, 0.29) is 11.7 Å². The van der Waals surface area contributed by atoms with Crippen molar-refractivity contribution in [2.45, 2.75) is 12.8 Å². The van der Waals surface area contributed by atoms with Gasteiger partial charge in [0.1, 0.15) is 0 Å². The maximum Gasteiger partial charge on any atom is 0.321 e. The van der Waals surface area contributed by atoms with Gasteiger partial charge < -0.3 is 10.2 Å². The number of aromatic nitrogens is 2. The summed E-state index contributed by atoms with van der Waals surface area (Å²) in [6.07, 6.45) is 5.73. The molecule has 2 aromatic rings. The lowest BCUT2D eigenvalue weighted by atomic mass is 10.0. The first-order chi connectivity index (χ1) is 11.5. The van der Waals surface area contributed by atoms with Crippen LogP contribution in [0.3, 0.4) is 0 Å². The molecule has 126 valence electrons. The number of hydrogen-bond acceptors (Lipinski definition) is 4. The van der Waals surface area contributed by atoms with Crippen molar-refractivity contribution in [3.8, 4) is 0 Å². The zero-order valence-electron chi connectivity index (χ0n) is 13.4. The second-order valence-electron chi connectivity index (χ2n) is 6.06. The topological polar surface area (TPSA) is 93.3 Å². The second kappa shape index (κ2) is 6.69. The molecule has 1 aromatic heterocycles. The summed E-state index contributed by atoms with van der Waals surface area (Å²) in [6.45, 7) is 1.41. The third-order valence-corrected chi connectivity index (χ3v) is 4.19. The highest BCUT2D eigenvalue weighted by Crippen LogP contribution is 2.22. The normalized spacial score (nSPS) is 17.0. The standard InChI is InChI=1S/C16H19N5O3/c1-19-10-13(9-17-19)8-12-6-7-20(11-12)16(22)18-14-2-4-15(5-3-14)21(23)24/h2-5,9-10,12H,6-8,11H2,1H3,(H,18,22)/t12-/m1/s1. The average molecular weight is 329 g/mol. The molecular formula is C16H19N5O3. The third-order valence-electron chi connectivity index (χ3n) is 4.19. The lowest BCUT2D eigenvalue weighted by molar-refractivity contribution is -0.384. The Kier molecular flexibility index (Phi) is 4.45. The predicted molar refractivity (Wildman–Crippen MR) is 88.7 cm³/mol. The van der Waals surface area contributed by atoms with Crippen molar-refractivity contribution in [3.63, 3.8) is 0 Å². The number of carbonyl (C=O) groups is 1. The first-order valence-corrected chi connectivity index (χ1v) is 7.79. The number of nitro groups is 1. The van der Waals surface area contributed by atoms with Crippen LogP contribution in [0.1, 0.15) is 12.0 Å². The molecule has 1 atom stereocenters. The number of urea groups is 1. The molecule has 0 saturated carbocycles. The van der Waals surface area contributed by atoms with E-state index in [1.54, 1.807) is 21.7 Å². The van der Waals surface area contributed by atoms with E-state index < -0.39 is 4.92 Å². The van der Waals surface area contributed by atoms with Crippen LogP contribution in [0.4, 0.5) is 16.2 Å². The van der Waals surface area contributed by atoms with Gasteiger partial charge in [0, 0.05) is 44.2 Å². The van der Waals surface area contributed by atoms with E-state index in [1.165, 1.54) is 17.7 Å². The van der Waals surface area contributed by atoms with Crippen molar-refractivity contribution >= 4 is 17.4 Å². The molecule has 2 amide bonds. The largest absolute Gasteiger partial charge is 0.324 e. The first kappa shape index (κ1) is 16.0. The number of nitrogens with zero attached hydrogens (tertiary/aromatic N) is 4. The number of nitrogens with one attached hydrogen (secondary N) is 1. The number of likely N-dealkylation sites (tertiary alicyclic amines) is 1. The van der Waals surface area contributed by atoms with Gasteiger partial charge in [-0.1, -0.05) is 0 Å². The minimum Gasteiger partial charge on any atom is -0.324 e. The van der Waals surface area contributed by atoms with Crippen LogP contribution in [0, 0.1) is 16.0 Å². The molecule has 8 heteroatoms. The van der Waals surface area contributed by atoms with Gasteiger partial charge in [-0.25, -0.2) is 4.79 Å². The second-order valence-corrected chi connectivity index (χ2v) is 6.06. The van der Waals surface area contributed by atoms with E-state index in [1.807, 2.05) is 19.4 Å². The molecule has 0 radical (unpaired) electrons. The highest BCUT2D eigenvalue weighted by molar-refractivity contribution is 5.89. The number of non-ortho nitro benzene ring substituents is 1. The summed E-state index contributed by atoms with van der Waals surface area (Å²) in [5.74, 6) is 0.428. The monoisotopic (exact) mass is 329 g/mol. The molecule has 8 nitrogen and oxygen atoms in total. The van der Waals surface area contributed by atoms with Crippen LogP contribution in [0.5, 0.6) is 0 Å². The van der Waals surface area contributed by atoms with Crippen LogP contribution in [0.15, 0.2) is 36.7 Å². The summed E-state index contributed by atoms with van der Waals surface area (Å²) < 4.78 is 1.78. The Hall–Kier alpha value is -2.90. The Balaban J connectivity index is 1.53. The Morgan fingerprint density at radius 2 is 2.17 bits per heavy atom. The van der Waals surface area contributed by atoms with E-state index in [2.05, 4.69) is 10.4 Å². The van der Waals surface area contributed by atoms with E-state index >= 15 is 0 Å². The van der Waals surface area contributed by atoms with Gasteiger partial charge in [-0.3, -0.25) is 14.8 Å². The maximum atomic E-state index is 12.3. The lowest BCUT2D eigenvalue weighted by Gasteiger charge is -2.17. The average Bonchev–Trinajstić information content (AvgIpc) is 3.17. The molecular weight excluding hydrogens is 310 g/mol. The zero-order chi connectivity index (χ0) is 17.1. The zero-order valence-corrected chi connectivity index (χ0v) is 13.4. The highest BCUT2D eigenvalue weighted by atomic mass is 16.6. The van der Waals surface area contributed by atoms with Crippen LogP contribution >= 0.6 is 0 Å². The van der Waals surface area contributed by atoms with Gasteiger partial charge in [-0.05, 0) is 36.5 Å². The SMILES string of the molecule is Cn1cc(C[C@H]2CCN(C(=O)Nc3ccc([N+](=O)[O-])cc3)C2)cn1. The molecule has 1 saturated heterocycles. The van der Waals surface area contributed by atoms with Crippen molar-refractivity contribution < 1.29 is 9.72 Å². The Labute approximate surface area is 139 Å². The van der Waals surface area contributed by atoms with Crippen LogP contribution in [-0.4, -0.2) is 38.7 Å². The number of amides is 2. The summed E-state index contributed by atoms with van der Waals surface area (Å²) in [6, 6.07) is 5.67. The van der Waals surface area contributed by atoms with Crippen molar-refractivity contribution in [1.29, 1.82) is 0 Å². The molecule has 2 heterocycles. The fourth-order valence-electron chi connectivity index (χ4n) is 2.96. The van der Waals surface area contributed by atoms with Crippen LogP contribution < -0.4 is 5.32 Å². The van der Waals surface area contributed by atoms with Crippen LogP contribution in [0.2, 0.25) is 0 Å². The molecule has 1 aromatic carbocycles. The number of benzene rings is 1. The van der Waals surface area contributed by atoms with Gasteiger partial charge in [0.2, 0.25) is 0 Å². The molecule has 1 aliphatic rings. The molecule has 0 aliphatic carbocycles. The van der Waals surface area contributed by atoms with E-state index in [4.69, 9.17) is 0 Å². The fraction of sp³-hybridized carbons (Fsp3) is 0.375. The van der Waals surface area contributed by atoms with Gasteiger partial charge in [0.25, 0.3) is 5.69 Å². The predicted octanol–water partition coefficient (Wildman–Crippen LogP) is 2.42. The smallest absolute Gasteiger partial charge is 0.321 e. The lowest BCUT2D eigenvalue weighted by Crippen LogP contribution is -2.33. The molecule has 1 N–H and O–H groups in total. The van der Waals surface area contributed by atoms with Crippen molar-refractivity contribution in [3.05, 3.63) is 52.3 Å². The minimum absolute atomic E-state index is 0.00528. The summed E-state index contributed by atoms with van der Waals surface area (Å²) in [5, 5.41) is 17.6. The van der Waals surface area contributed by atoms with Crippen LogP contribution in [0.25, 0.3) is 0 Å². The fourth-order valence-corrected chi connectivity index (χ4v) is 2.96. The van der Waals surface area contributed by atoms with E-state index in [0.29, 0.717) is 24.7 Å². The number of rotatable bonds is 4. The first-order valence-electron chi connectivity index (χ1n) is 7.79. The molecule has 0 unspecified atom stereocenters. The van der Waals surface area contributed by atoms with E-state index in [9.17, 15) is 14.9 Å².